The fourth-order valence-electron chi connectivity index (χ4n) is 4.96. The summed E-state index contributed by atoms with van der Waals surface area (Å²) in [6.45, 7) is 8.61. The molecule has 4 rings (SSSR count). The first-order valence-corrected chi connectivity index (χ1v) is 9.56. The average Bonchev–Trinajstić information content (AvgIpc) is 2.95. The predicted molar refractivity (Wildman–Crippen MR) is 109 cm³/mol. The Morgan fingerprint density at radius 3 is 2.00 bits per heavy atom. The van der Waals surface area contributed by atoms with E-state index in [1.165, 1.54) is 11.1 Å². The third kappa shape index (κ3) is 2.37. The van der Waals surface area contributed by atoms with Gasteiger partial charge in [-0.1, -0.05) is 67.5 Å². The lowest BCUT2D eigenvalue weighted by molar-refractivity contribution is -0.130. The Balaban J connectivity index is 1.99. The first-order chi connectivity index (χ1) is 12.7. The second-order valence-corrected chi connectivity index (χ2v) is 8.68. The van der Waals surface area contributed by atoms with Crippen LogP contribution in [0.4, 0.5) is 5.69 Å². The van der Waals surface area contributed by atoms with E-state index in [9.17, 15) is 4.79 Å². The summed E-state index contributed by atoms with van der Waals surface area (Å²) in [6.07, 6.45) is 14.9. The monoisotopic (exact) mass is 361 g/mol. The summed E-state index contributed by atoms with van der Waals surface area (Å²) in [5, 5.41) is 0. The molecule has 0 fully saturated rings. The Morgan fingerprint density at radius 2 is 1.52 bits per heavy atom. The number of fused-ring (bicyclic) bond motifs is 1. The number of nitrogen functional groups attached to an aromatic ring is 1. The largest absolute Gasteiger partial charge is 0.449 e. The van der Waals surface area contributed by atoms with E-state index in [1.54, 1.807) is 6.07 Å². The van der Waals surface area contributed by atoms with Gasteiger partial charge >= 0.3 is 5.97 Å². The molecule has 1 aliphatic heterocycles. The highest BCUT2D eigenvalue weighted by molar-refractivity contribution is 5.96. The van der Waals surface area contributed by atoms with E-state index in [4.69, 9.17) is 10.5 Å². The summed E-state index contributed by atoms with van der Waals surface area (Å²) in [5.41, 5.74) is 9.08. The van der Waals surface area contributed by atoms with Crippen molar-refractivity contribution >= 4 is 11.7 Å². The fraction of sp³-hybridized carbons (Fsp3) is 0.375. The summed E-state index contributed by atoms with van der Waals surface area (Å²) >= 11 is 0. The summed E-state index contributed by atoms with van der Waals surface area (Å²) < 4.78 is 6.37. The van der Waals surface area contributed by atoms with Crippen LogP contribution in [0, 0.1) is 10.8 Å². The van der Waals surface area contributed by atoms with Gasteiger partial charge in [0.25, 0.3) is 0 Å². The molecule has 0 saturated heterocycles. The van der Waals surface area contributed by atoms with Crippen LogP contribution in [0.5, 0.6) is 0 Å². The molecule has 3 aliphatic rings. The third-order valence-electron chi connectivity index (χ3n) is 6.62. The number of anilines is 1. The van der Waals surface area contributed by atoms with Crippen LogP contribution in [0.25, 0.3) is 0 Å². The van der Waals surface area contributed by atoms with Crippen molar-refractivity contribution in [3.8, 4) is 0 Å². The molecule has 1 heterocycles. The number of carbonyl (C=O) groups excluding carboxylic acids is 1. The highest BCUT2D eigenvalue weighted by atomic mass is 16.6. The SMILES string of the molecule is CC1=CCC(C)(C2(C3(C)C=CC(C)=CC3)OC(=O)c3cc(N)ccc32)C=C1. The van der Waals surface area contributed by atoms with Gasteiger partial charge in [-0.15, -0.1) is 0 Å². The van der Waals surface area contributed by atoms with Gasteiger partial charge in [0.15, 0.2) is 5.60 Å². The zero-order valence-corrected chi connectivity index (χ0v) is 16.5. The summed E-state index contributed by atoms with van der Waals surface area (Å²) in [5.74, 6) is -0.279. The fourth-order valence-corrected chi connectivity index (χ4v) is 4.96. The van der Waals surface area contributed by atoms with Gasteiger partial charge in [-0.2, -0.15) is 0 Å². The highest BCUT2D eigenvalue weighted by Crippen LogP contribution is 2.63. The van der Waals surface area contributed by atoms with E-state index in [0.717, 1.165) is 18.4 Å². The Bertz CT molecular complexity index is 907. The number of hydrogen-bond donors (Lipinski definition) is 1. The van der Waals surface area contributed by atoms with Crippen LogP contribution in [0.3, 0.4) is 0 Å². The van der Waals surface area contributed by atoms with Gasteiger partial charge < -0.3 is 10.5 Å². The molecule has 1 aromatic rings. The van der Waals surface area contributed by atoms with Gasteiger partial charge in [0.05, 0.1) is 5.56 Å². The predicted octanol–water partition coefficient (Wildman–Crippen LogP) is 5.46. The van der Waals surface area contributed by atoms with Crippen molar-refractivity contribution in [2.24, 2.45) is 10.8 Å². The van der Waals surface area contributed by atoms with Crippen molar-refractivity contribution in [3.05, 3.63) is 76.9 Å². The number of allylic oxidation sites excluding steroid dienone is 6. The van der Waals surface area contributed by atoms with Crippen molar-refractivity contribution in [2.45, 2.75) is 46.1 Å². The minimum absolute atomic E-state index is 0.279. The Hall–Kier alpha value is -2.55. The van der Waals surface area contributed by atoms with Crippen LogP contribution in [0.2, 0.25) is 0 Å². The minimum Gasteiger partial charge on any atom is -0.449 e. The molecule has 2 atom stereocenters. The normalized spacial score (nSPS) is 34.7. The van der Waals surface area contributed by atoms with Crippen LogP contribution >= 0.6 is 0 Å². The van der Waals surface area contributed by atoms with Gasteiger partial charge in [0.2, 0.25) is 0 Å². The molecule has 1 aromatic carbocycles. The number of hydrogen-bond acceptors (Lipinski definition) is 3. The maximum atomic E-state index is 13.0. The molecule has 0 spiro atoms. The molecule has 27 heavy (non-hydrogen) atoms. The molecule has 2 aliphatic carbocycles. The molecular formula is C24H27NO2. The molecular weight excluding hydrogens is 334 g/mol. The third-order valence-corrected chi connectivity index (χ3v) is 6.62. The maximum Gasteiger partial charge on any atom is 0.339 e. The lowest BCUT2D eigenvalue weighted by Gasteiger charge is -2.54. The number of cyclic esters (lactones) is 1. The lowest BCUT2D eigenvalue weighted by atomic mass is 9.53. The van der Waals surface area contributed by atoms with Gasteiger partial charge in [-0.25, -0.2) is 4.79 Å². The van der Waals surface area contributed by atoms with Crippen molar-refractivity contribution in [2.75, 3.05) is 5.73 Å². The number of nitrogens with two attached hydrogens (primary N) is 1. The number of carbonyl (C=O) groups is 1. The van der Waals surface area contributed by atoms with E-state index in [2.05, 4.69) is 64.2 Å². The van der Waals surface area contributed by atoms with E-state index < -0.39 is 5.60 Å². The number of rotatable bonds is 2. The first-order valence-electron chi connectivity index (χ1n) is 9.56. The van der Waals surface area contributed by atoms with Crippen LogP contribution in [-0.4, -0.2) is 5.97 Å². The van der Waals surface area contributed by atoms with Crippen LogP contribution in [-0.2, 0) is 10.3 Å². The van der Waals surface area contributed by atoms with Gasteiger partial charge in [-0.3, -0.25) is 0 Å². The van der Waals surface area contributed by atoms with E-state index >= 15 is 0 Å². The molecule has 0 radical (unpaired) electrons. The van der Waals surface area contributed by atoms with Gasteiger partial charge in [0, 0.05) is 22.1 Å². The quantitative estimate of drug-likeness (QED) is 0.562. The molecule has 140 valence electrons. The van der Waals surface area contributed by atoms with Gasteiger partial charge in [0.1, 0.15) is 0 Å². The first kappa shape index (κ1) is 17.8. The van der Waals surface area contributed by atoms with E-state index in [1.807, 2.05) is 12.1 Å². The van der Waals surface area contributed by atoms with Crippen molar-refractivity contribution in [1.82, 2.24) is 0 Å². The number of benzene rings is 1. The zero-order valence-electron chi connectivity index (χ0n) is 16.5. The van der Waals surface area contributed by atoms with E-state index in [-0.39, 0.29) is 16.8 Å². The number of ether oxygens (including phenoxy) is 1. The zero-order chi connectivity index (χ0) is 19.4. The second kappa shape index (κ2) is 5.72. The van der Waals surface area contributed by atoms with Crippen LogP contribution in [0.1, 0.15) is 56.5 Å². The molecule has 0 aromatic heterocycles. The average molecular weight is 361 g/mol. The molecule has 2 N–H and O–H groups in total. The summed E-state index contributed by atoms with van der Waals surface area (Å²) in [4.78, 5) is 13.0. The standard InChI is InChI=1S/C24H27NO2/c1-16-7-11-22(3,12-8-16)24(23(4)13-9-17(2)10-14-23)20-6-5-18(25)15-19(20)21(26)27-24/h5-11,13,15H,12,14,25H2,1-4H3. The molecule has 2 unspecified atom stereocenters. The minimum atomic E-state index is -0.790. The molecule has 0 saturated carbocycles. The van der Waals surface area contributed by atoms with Crippen LogP contribution in [0.15, 0.2) is 65.8 Å². The molecule has 3 heteroatoms. The maximum absolute atomic E-state index is 13.0. The van der Waals surface area contributed by atoms with Crippen molar-refractivity contribution in [3.63, 3.8) is 0 Å². The van der Waals surface area contributed by atoms with E-state index in [0.29, 0.717) is 11.3 Å². The summed E-state index contributed by atoms with van der Waals surface area (Å²) in [7, 11) is 0. The molecule has 0 amide bonds. The smallest absolute Gasteiger partial charge is 0.339 e. The topological polar surface area (TPSA) is 52.3 Å². The molecule has 0 bridgehead atoms. The lowest BCUT2D eigenvalue weighted by Crippen LogP contribution is -2.54. The van der Waals surface area contributed by atoms with Gasteiger partial charge in [-0.05, 0) is 38.8 Å². The van der Waals surface area contributed by atoms with Crippen LogP contribution < -0.4 is 5.73 Å². The Morgan fingerprint density at radius 1 is 0.963 bits per heavy atom. The highest BCUT2D eigenvalue weighted by Gasteiger charge is 2.64. The van der Waals surface area contributed by atoms with Crippen molar-refractivity contribution in [1.29, 1.82) is 0 Å². The Labute approximate surface area is 161 Å². The second-order valence-electron chi connectivity index (χ2n) is 8.68. The summed E-state index contributed by atoms with van der Waals surface area (Å²) in [6, 6.07) is 5.63. The van der Waals surface area contributed by atoms with Crippen molar-refractivity contribution < 1.29 is 9.53 Å². The Kier molecular flexibility index (Phi) is 3.78. The number of esters is 1. The molecule has 3 nitrogen and oxygen atoms in total.